The van der Waals surface area contributed by atoms with E-state index in [2.05, 4.69) is 26.1 Å². The highest BCUT2D eigenvalue weighted by atomic mass is 16.1. The summed E-state index contributed by atoms with van der Waals surface area (Å²) in [7, 11) is 0. The van der Waals surface area contributed by atoms with E-state index in [0.717, 1.165) is 12.0 Å². The molecule has 0 bridgehead atoms. The van der Waals surface area contributed by atoms with E-state index >= 15 is 0 Å². The highest BCUT2D eigenvalue weighted by Crippen LogP contribution is 2.33. The minimum Gasteiger partial charge on any atom is -0.349 e. The molecule has 20 heavy (non-hydrogen) atoms. The zero-order valence-electron chi connectivity index (χ0n) is 13.1. The van der Waals surface area contributed by atoms with Gasteiger partial charge in [0.15, 0.2) is 0 Å². The maximum absolute atomic E-state index is 12.4. The third-order valence-electron chi connectivity index (χ3n) is 4.65. The van der Waals surface area contributed by atoms with Crippen molar-refractivity contribution in [1.29, 1.82) is 0 Å². The third kappa shape index (κ3) is 3.62. The summed E-state index contributed by atoms with van der Waals surface area (Å²) in [5, 5.41) is 3.28. The maximum Gasteiger partial charge on any atom is 0.251 e. The van der Waals surface area contributed by atoms with Gasteiger partial charge in [-0.15, -0.1) is 0 Å². The standard InChI is InChI=1S/C18H27NO/c1-12(2)16-10-7-14(4)11-17(16)19-18(20)15-8-5-13(3)6-9-15/h5-6,8-9,12,14,16-17H,7,10-11H2,1-4H3,(H,19,20)/t14-,16+,17-/m1/s1. The monoisotopic (exact) mass is 273 g/mol. The zero-order chi connectivity index (χ0) is 14.7. The summed E-state index contributed by atoms with van der Waals surface area (Å²) in [6.07, 6.45) is 3.64. The van der Waals surface area contributed by atoms with Crippen LogP contribution in [0.2, 0.25) is 0 Å². The molecule has 0 heterocycles. The van der Waals surface area contributed by atoms with Crippen molar-refractivity contribution in [2.45, 2.75) is 53.0 Å². The number of amides is 1. The summed E-state index contributed by atoms with van der Waals surface area (Å²) in [5.74, 6) is 2.04. The van der Waals surface area contributed by atoms with Crippen LogP contribution in [0.3, 0.4) is 0 Å². The lowest BCUT2D eigenvalue weighted by Crippen LogP contribution is -2.45. The third-order valence-corrected chi connectivity index (χ3v) is 4.65. The molecule has 2 heteroatoms. The molecule has 2 rings (SSSR count). The molecule has 0 aromatic heterocycles. The summed E-state index contributed by atoms with van der Waals surface area (Å²) < 4.78 is 0. The van der Waals surface area contributed by atoms with Crippen LogP contribution in [0.5, 0.6) is 0 Å². The Morgan fingerprint density at radius 3 is 2.45 bits per heavy atom. The van der Waals surface area contributed by atoms with E-state index < -0.39 is 0 Å². The smallest absolute Gasteiger partial charge is 0.251 e. The van der Waals surface area contributed by atoms with Crippen molar-refractivity contribution < 1.29 is 4.79 Å². The van der Waals surface area contributed by atoms with Gasteiger partial charge in [0.1, 0.15) is 0 Å². The Bertz CT molecular complexity index is 449. The lowest BCUT2D eigenvalue weighted by atomic mass is 9.74. The quantitative estimate of drug-likeness (QED) is 0.879. The summed E-state index contributed by atoms with van der Waals surface area (Å²) in [6, 6.07) is 8.16. The van der Waals surface area contributed by atoms with Crippen molar-refractivity contribution in [1.82, 2.24) is 5.32 Å². The molecular formula is C18H27NO. The van der Waals surface area contributed by atoms with Gasteiger partial charge in [0, 0.05) is 11.6 Å². The SMILES string of the molecule is Cc1ccc(C(=O)N[C@@H]2C[C@H](C)CC[C@H]2C(C)C)cc1. The van der Waals surface area contributed by atoms with Gasteiger partial charge in [0.25, 0.3) is 5.91 Å². The van der Waals surface area contributed by atoms with Crippen molar-refractivity contribution >= 4 is 5.91 Å². The molecule has 110 valence electrons. The molecule has 1 fully saturated rings. The largest absolute Gasteiger partial charge is 0.349 e. The molecule has 1 aliphatic carbocycles. The number of rotatable bonds is 3. The fraction of sp³-hybridized carbons (Fsp3) is 0.611. The van der Waals surface area contributed by atoms with Crippen LogP contribution in [0, 0.1) is 24.7 Å². The Hall–Kier alpha value is -1.31. The first kappa shape index (κ1) is 15.1. The fourth-order valence-electron chi connectivity index (χ4n) is 3.32. The minimum absolute atomic E-state index is 0.0785. The average molecular weight is 273 g/mol. The van der Waals surface area contributed by atoms with Crippen LogP contribution in [0.1, 0.15) is 56.0 Å². The first-order valence-corrected chi connectivity index (χ1v) is 7.85. The predicted molar refractivity (Wildman–Crippen MR) is 83.8 cm³/mol. The number of hydrogen-bond donors (Lipinski definition) is 1. The van der Waals surface area contributed by atoms with Crippen LogP contribution in [0.25, 0.3) is 0 Å². The molecule has 0 radical (unpaired) electrons. The zero-order valence-corrected chi connectivity index (χ0v) is 13.1. The fourth-order valence-corrected chi connectivity index (χ4v) is 3.32. The Morgan fingerprint density at radius 1 is 1.20 bits per heavy atom. The molecule has 3 atom stereocenters. The Labute approximate surface area is 123 Å². The molecule has 1 saturated carbocycles. The minimum atomic E-state index is 0.0785. The number of nitrogens with one attached hydrogen (secondary N) is 1. The lowest BCUT2D eigenvalue weighted by Gasteiger charge is -2.37. The molecule has 2 nitrogen and oxygen atoms in total. The first-order chi connectivity index (χ1) is 9.47. The average Bonchev–Trinajstić information content (AvgIpc) is 2.39. The molecule has 0 aliphatic heterocycles. The van der Waals surface area contributed by atoms with E-state index in [9.17, 15) is 4.79 Å². The van der Waals surface area contributed by atoms with E-state index in [4.69, 9.17) is 0 Å². The van der Waals surface area contributed by atoms with Gasteiger partial charge in [-0.3, -0.25) is 4.79 Å². The van der Waals surface area contributed by atoms with Gasteiger partial charge in [-0.25, -0.2) is 0 Å². The van der Waals surface area contributed by atoms with Crippen LogP contribution >= 0.6 is 0 Å². The molecular weight excluding hydrogens is 246 g/mol. The van der Waals surface area contributed by atoms with Crippen LogP contribution < -0.4 is 5.32 Å². The second kappa shape index (κ2) is 6.43. The number of carbonyl (C=O) groups excluding carboxylic acids is 1. The molecule has 0 spiro atoms. The maximum atomic E-state index is 12.4. The number of benzene rings is 1. The normalized spacial score (nSPS) is 26.6. The van der Waals surface area contributed by atoms with Gasteiger partial charge in [-0.05, 0) is 49.7 Å². The van der Waals surface area contributed by atoms with E-state index in [1.807, 2.05) is 31.2 Å². The molecule has 1 aromatic carbocycles. The molecule has 1 N–H and O–H groups in total. The summed E-state index contributed by atoms with van der Waals surface area (Å²) in [4.78, 5) is 12.4. The molecule has 1 aromatic rings. The summed E-state index contributed by atoms with van der Waals surface area (Å²) in [5.41, 5.74) is 1.96. The number of hydrogen-bond acceptors (Lipinski definition) is 1. The van der Waals surface area contributed by atoms with E-state index in [-0.39, 0.29) is 5.91 Å². The van der Waals surface area contributed by atoms with Crippen molar-refractivity contribution in [3.8, 4) is 0 Å². The van der Waals surface area contributed by atoms with Gasteiger partial charge in [0.05, 0.1) is 0 Å². The van der Waals surface area contributed by atoms with Gasteiger partial charge < -0.3 is 5.32 Å². The van der Waals surface area contributed by atoms with Crippen LogP contribution in [0.15, 0.2) is 24.3 Å². The molecule has 1 amide bonds. The molecule has 1 aliphatic rings. The van der Waals surface area contributed by atoms with Crippen molar-refractivity contribution in [2.24, 2.45) is 17.8 Å². The van der Waals surface area contributed by atoms with Gasteiger partial charge in [-0.1, -0.05) is 44.9 Å². The second-order valence-electron chi connectivity index (χ2n) is 6.77. The van der Waals surface area contributed by atoms with Crippen molar-refractivity contribution in [2.75, 3.05) is 0 Å². The first-order valence-electron chi connectivity index (χ1n) is 7.85. The Kier molecular flexibility index (Phi) is 4.85. The van der Waals surface area contributed by atoms with Crippen molar-refractivity contribution in [3.05, 3.63) is 35.4 Å². The lowest BCUT2D eigenvalue weighted by molar-refractivity contribution is 0.0868. The van der Waals surface area contributed by atoms with Crippen LogP contribution in [-0.2, 0) is 0 Å². The molecule has 0 saturated heterocycles. The molecule has 0 unspecified atom stereocenters. The van der Waals surface area contributed by atoms with E-state index in [0.29, 0.717) is 23.8 Å². The Morgan fingerprint density at radius 2 is 1.85 bits per heavy atom. The van der Waals surface area contributed by atoms with Gasteiger partial charge in [0.2, 0.25) is 0 Å². The van der Waals surface area contributed by atoms with Crippen LogP contribution in [0.4, 0.5) is 0 Å². The number of aryl methyl sites for hydroxylation is 1. The predicted octanol–water partition coefficient (Wildman–Crippen LogP) is 4.19. The topological polar surface area (TPSA) is 29.1 Å². The van der Waals surface area contributed by atoms with Gasteiger partial charge >= 0.3 is 0 Å². The van der Waals surface area contributed by atoms with Crippen molar-refractivity contribution in [3.63, 3.8) is 0 Å². The Balaban J connectivity index is 2.05. The van der Waals surface area contributed by atoms with E-state index in [1.165, 1.54) is 18.4 Å². The highest BCUT2D eigenvalue weighted by molar-refractivity contribution is 5.94. The highest BCUT2D eigenvalue weighted by Gasteiger charge is 2.31. The second-order valence-corrected chi connectivity index (χ2v) is 6.77. The summed E-state index contributed by atoms with van der Waals surface area (Å²) >= 11 is 0. The number of carbonyl (C=O) groups is 1. The van der Waals surface area contributed by atoms with E-state index in [1.54, 1.807) is 0 Å². The van der Waals surface area contributed by atoms with Gasteiger partial charge in [-0.2, -0.15) is 0 Å². The van der Waals surface area contributed by atoms with Crippen LogP contribution in [-0.4, -0.2) is 11.9 Å². The summed E-state index contributed by atoms with van der Waals surface area (Å²) in [6.45, 7) is 8.87.